The zero-order chi connectivity index (χ0) is 15.9. The molecule has 0 unspecified atom stereocenters. The van der Waals surface area contributed by atoms with Crippen LogP contribution in [0.2, 0.25) is 0 Å². The zero-order valence-electron chi connectivity index (χ0n) is 13.1. The van der Waals surface area contributed by atoms with Crippen LogP contribution in [0.5, 0.6) is 11.5 Å². The molecule has 8 heteroatoms. The van der Waals surface area contributed by atoms with Crippen LogP contribution in [0, 0.1) is 0 Å². The van der Waals surface area contributed by atoms with Crippen LogP contribution in [-0.4, -0.2) is 22.9 Å². The molecule has 124 valence electrons. The van der Waals surface area contributed by atoms with Crippen molar-refractivity contribution in [3.63, 3.8) is 0 Å². The number of benzene rings is 1. The van der Waals surface area contributed by atoms with Gasteiger partial charge < -0.3 is 20.5 Å². The number of aromatic amines is 1. The van der Waals surface area contributed by atoms with Gasteiger partial charge in [0.1, 0.15) is 0 Å². The number of nitrogens with two attached hydrogens (primary N) is 1. The highest BCUT2D eigenvalue weighted by Crippen LogP contribution is 2.38. The second kappa shape index (κ2) is 6.00. The van der Waals surface area contributed by atoms with E-state index in [1.165, 1.54) is 0 Å². The molecule has 1 aliphatic rings. The maximum Gasteiger partial charge on any atom is 0.276 e. The molecule has 0 bridgehead atoms. The topological polar surface area (TPSA) is 102 Å². The first kappa shape index (κ1) is 17.0. The molecule has 0 spiro atoms. The van der Waals surface area contributed by atoms with Crippen molar-refractivity contribution in [3.8, 4) is 11.5 Å². The Morgan fingerprint density at radius 2 is 1.91 bits per heavy atom. The fourth-order valence-corrected chi connectivity index (χ4v) is 2.07. The zero-order valence-corrected chi connectivity index (χ0v) is 13.9. The lowest BCUT2D eigenvalue weighted by molar-refractivity contribution is 0.102. The standard InChI is InChI=1S/C15H18N4O3.ClH/c1-15(2,3)13-6-10(18-19-13)14(20)17-9-5-12-11(4-8(9)16)21-7-22-12;/h4-6H,7,16H2,1-3H3,(H,17,20)(H,18,19);1H. The van der Waals surface area contributed by atoms with Crippen molar-refractivity contribution in [2.24, 2.45) is 0 Å². The summed E-state index contributed by atoms with van der Waals surface area (Å²) < 4.78 is 10.5. The molecule has 0 saturated heterocycles. The maximum absolute atomic E-state index is 12.3. The first-order chi connectivity index (χ1) is 10.3. The Balaban J connectivity index is 0.00000192. The number of hydrogen-bond acceptors (Lipinski definition) is 5. The fraction of sp³-hybridized carbons (Fsp3) is 0.333. The van der Waals surface area contributed by atoms with Gasteiger partial charge in [-0.2, -0.15) is 5.10 Å². The highest BCUT2D eigenvalue weighted by atomic mass is 35.5. The van der Waals surface area contributed by atoms with E-state index in [0.29, 0.717) is 28.6 Å². The van der Waals surface area contributed by atoms with E-state index in [-0.39, 0.29) is 30.5 Å². The number of amides is 1. The third-order valence-electron chi connectivity index (χ3n) is 3.41. The number of carbonyl (C=O) groups is 1. The number of nitrogens with zero attached hydrogens (tertiary/aromatic N) is 1. The average Bonchev–Trinajstić information content (AvgIpc) is 3.06. The molecule has 4 N–H and O–H groups in total. The molecule has 0 fully saturated rings. The number of aromatic nitrogens is 2. The van der Waals surface area contributed by atoms with Gasteiger partial charge in [0.25, 0.3) is 5.91 Å². The fourth-order valence-electron chi connectivity index (χ4n) is 2.07. The number of nitrogens with one attached hydrogen (secondary N) is 2. The lowest BCUT2D eigenvalue weighted by Crippen LogP contribution is -2.14. The molecule has 2 heterocycles. The summed E-state index contributed by atoms with van der Waals surface area (Å²) in [5, 5.41) is 9.67. The van der Waals surface area contributed by atoms with E-state index in [9.17, 15) is 4.79 Å². The molecule has 0 saturated carbocycles. The summed E-state index contributed by atoms with van der Waals surface area (Å²) in [4.78, 5) is 12.3. The summed E-state index contributed by atoms with van der Waals surface area (Å²) in [7, 11) is 0. The predicted octanol–water partition coefficient (Wildman–Crippen LogP) is 2.69. The molecular formula is C15H19ClN4O3. The number of carbonyl (C=O) groups excluding carboxylic acids is 1. The van der Waals surface area contributed by atoms with Gasteiger partial charge >= 0.3 is 0 Å². The van der Waals surface area contributed by atoms with Crippen LogP contribution in [0.1, 0.15) is 37.0 Å². The molecule has 0 aliphatic carbocycles. The van der Waals surface area contributed by atoms with Crippen molar-refractivity contribution in [2.75, 3.05) is 17.8 Å². The molecule has 0 atom stereocenters. The second-order valence-electron chi connectivity index (χ2n) is 6.16. The quantitative estimate of drug-likeness (QED) is 0.731. The maximum atomic E-state index is 12.3. The minimum Gasteiger partial charge on any atom is -0.454 e. The molecular weight excluding hydrogens is 320 g/mol. The van der Waals surface area contributed by atoms with Crippen LogP contribution in [0.3, 0.4) is 0 Å². The van der Waals surface area contributed by atoms with Gasteiger partial charge in [-0.25, -0.2) is 0 Å². The van der Waals surface area contributed by atoms with Gasteiger partial charge in [-0.1, -0.05) is 20.8 Å². The molecule has 3 rings (SSSR count). The number of hydrogen-bond donors (Lipinski definition) is 3. The van der Waals surface area contributed by atoms with Crippen LogP contribution in [0.4, 0.5) is 11.4 Å². The number of H-pyrrole nitrogens is 1. The van der Waals surface area contributed by atoms with Crippen molar-refractivity contribution in [1.29, 1.82) is 0 Å². The van der Waals surface area contributed by atoms with Crippen molar-refractivity contribution in [2.45, 2.75) is 26.2 Å². The molecule has 1 aromatic heterocycles. The summed E-state index contributed by atoms with van der Waals surface area (Å²) in [6.07, 6.45) is 0. The van der Waals surface area contributed by atoms with Gasteiger partial charge in [0.2, 0.25) is 6.79 Å². The van der Waals surface area contributed by atoms with Gasteiger partial charge in [-0.15, -0.1) is 12.4 Å². The number of nitrogen functional groups attached to an aromatic ring is 1. The summed E-state index contributed by atoms with van der Waals surface area (Å²) in [6.45, 7) is 6.27. The van der Waals surface area contributed by atoms with Crippen molar-refractivity contribution in [1.82, 2.24) is 10.2 Å². The van der Waals surface area contributed by atoms with Gasteiger partial charge in [0.15, 0.2) is 17.2 Å². The minimum atomic E-state index is -0.336. The highest BCUT2D eigenvalue weighted by Gasteiger charge is 2.21. The molecule has 7 nitrogen and oxygen atoms in total. The van der Waals surface area contributed by atoms with Gasteiger partial charge in [0, 0.05) is 23.2 Å². The Hall–Kier alpha value is -2.41. The highest BCUT2D eigenvalue weighted by molar-refractivity contribution is 6.04. The van der Waals surface area contributed by atoms with Crippen LogP contribution in [0.15, 0.2) is 18.2 Å². The first-order valence-corrected chi connectivity index (χ1v) is 6.91. The molecule has 2 aromatic rings. The Kier molecular flexibility index (Phi) is 4.42. The second-order valence-corrected chi connectivity index (χ2v) is 6.16. The van der Waals surface area contributed by atoms with E-state index in [1.54, 1.807) is 18.2 Å². The summed E-state index contributed by atoms with van der Waals surface area (Å²) in [5.74, 6) is 0.796. The van der Waals surface area contributed by atoms with E-state index >= 15 is 0 Å². The summed E-state index contributed by atoms with van der Waals surface area (Å²) in [5.41, 5.74) is 7.87. The number of rotatable bonds is 2. The van der Waals surface area contributed by atoms with Crippen LogP contribution in [-0.2, 0) is 5.41 Å². The Bertz CT molecular complexity index is 737. The number of fused-ring (bicyclic) bond motifs is 1. The van der Waals surface area contributed by atoms with Crippen LogP contribution in [0.25, 0.3) is 0 Å². The third-order valence-corrected chi connectivity index (χ3v) is 3.41. The monoisotopic (exact) mass is 338 g/mol. The van der Waals surface area contributed by atoms with Crippen molar-refractivity contribution >= 4 is 29.7 Å². The van der Waals surface area contributed by atoms with E-state index in [0.717, 1.165) is 5.69 Å². The normalized spacial score (nSPS) is 12.7. The average molecular weight is 339 g/mol. The lowest BCUT2D eigenvalue weighted by atomic mass is 9.92. The Labute approximate surface area is 140 Å². The van der Waals surface area contributed by atoms with E-state index in [4.69, 9.17) is 15.2 Å². The Morgan fingerprint density at radius 1 is 1.26 bits per heavy atom. The number of ether oxygens (including phenoxy) is 2. The van der Waals surface area contributed by atoms with Crippen molar-refractivity contribution in [3.05, 3.63) is 29.6 Å². The molecule has 0 radical (unpaired) electrons. The van der Waals surface area contributed by atoms with Gasteiger partial charge in [-0.3, -0.25) is 9.89 Å². The van der Waals surface area contributed by atoms with Crippen LogP contribution < -0.4 is 20.5 Å². The number of halogens is 1. The smallest absolute Gasteiger partial charge is 0.276 e. The van der Waals surface area contributed by atoms with Gasteiger partial charge in [0.05, 0.1) is 11.4 Å². The van der Waals surface area contributed by atoms with Crippen LogP contribution >= 0.6 is 12.4 Å². The summed E-state index contributed by atoms with van der Waals surface area (Å²) in [6, 6.07) is 5.01. The number of anilines is 2. The SMILES string of the molecule is CC(C)(C)c1cc(C(=O)Nc2cc3c(cc2N)OCO3)n[nH]1.Cl. The third kappa shape index (κ3) is 3.34. The molecule has 23 heavy (non-hydrogen) atoms. The molecule has 1 aliphatic heterocycles. The van der Waals surface area contributed by atoms with E-state index in [1.807, 2.05) is 20.8 Å². The largest absolute Gasteiger partial charge is 0.454 e. The molecule has 1 aromatic carbocycles. The van der Waals surface area contributed by atoms with E-state index < -0.39 is 0 Å². The predicted molar refractivity (Wildman–Crippen MR) is 89.5 cm³/mol. The van der Waals surface area contributed by atoms with Gasteiger partial charge in [-0.05, 0) is 6.07 Å². The minimum absolute atomic E-state index is 0. The van der Waals surface area contributed by atoms with Crippen molar-refractivity contribution < 1.29 is 14.3 Å². The first-order valence-electron chi connectivity index (χ1n) is 6.91. The summed E-state index contributed by atoms with van der Waals surface area (Å²) >= 11 is 0. The Morgan fingerprint density at radius 3 is 2.52 bits per heavy atom. The molecule has 1 amide bonds. The lowest BCUT2D eigenvalue weighted by Gasteiger charge is -2.14. The van der Waals surface area contributed by atoms with E-state index in [2.05, 4.69) is 15.5 Å².